The van der Waals surface area contributed by atoms with Gasteiger partial charge < -0.3 is 10.1 Å². The highest BCUT2D eigenvalue weighted by molar-refractivity contribution is 6.30. The average molecular weight is 323 g/mol. The molecular weight excluding hydrogens is 296 g/mol. The summed E-state index contributed by atoms with van der Waals surface area (Å²) in [7, 11) is 0. The van der Waals surface area contributed by atoms with Crippen molar-refractivity contribution in [2.24, 2.45) is 5.92 Å². The largest absolute Gasteiger partial charge is 0.376 e. The highest BCUT2D eigenvalue weighted by Crippen LogP contribution is 2.24. The first-order chi connectivity index (χ1) is 10.8. The minimum atomic E-state index is 0.445. The van der Waals surface area contributed by atoms with Gasteiger partial charge in [0.2, 0.25) is 0 Å². The van der Waals surface area contributed by atoms with Crippen molar-refractivity contribution in [3.63, 3.8) is 0 Å². The van der Waals surface area contributed by atoms with Crippen molar-refractivity contribution in [2.45, 2.75) is 38.3 Å². The molecule has 1 unspecified atom stereocenters. The Morgan fingerprint density at radius 2 is 1.91 bits per heavy atom. The predicted octanol–water partition coefficient (Wildman–Crippen LogP) is 3.32. The Kier molecular flexibility index (Phi) is 6.13. The van der Waals surface area contributed by atoms with Crippen LogP contribution in [0.2, 0.25) is 5.02 Å². The highest BCUT2D eigenvalue weighted by atomic mass is 35.5. The Labute approximate surface area is 139 Å². The fourth-order valence-corrected chi connectivity index (χ4v) is 3.63. The van der Waals surface area contributed by atoms with Gasteiger partial charge in [-0.05, 0) is 62.4 Å². The van der Waals surface area contributed by atoms with E-state index in [1.165, 1.54) is 44.3 Å². The van der Waals surface area contributed by atoms with Crippen LogP contribution in [0.15, 0.2) is 24.3 Å². The number of likely N-dealkylation sites (tertiary alicyclic amines) is 1. The summed E-state index contributed by atoms with van der Waals surface area (Å²) in [5, 5.41) is 4.24. The summed E-state index contributed by atoms with van der Waals surface area (Å²) in [5.41, 5.74) is 1.37. The van der Waals surface area contributed by atoms with Crippen LogP contribution < -0.4 is 5.32 Å². The van der Waals surface area contributed by atoms with E-state index in [9.17, 15) is 0 Å². The van der Waals surface area contributed by atoms with E-state index in [1.807, 2.05) is 12.1 Å². The zero-order chi connectivity index (χ0) is 15.2. The molecule has 2 aliphatic heterocycles. The summed E-state index contributed by atoms with van der Waals surface area (Å²) in [6.07, 6.45) is 5.64. The van der Waals surface area contributed by atoms with E-state index < -0.39 is 0 Å². The molecule has 0 aliphatic carbocycles. The van der Waals surface area contributed by atoms with Crippen molar-refractivity contribution >= 4 is 11.6 Å². The summed E-state index contributed by atoms with van der Waals surface area (Å²) in [6.45, 7) is 6.42. The number of ether oxygens (including phenoxy) is 1. The van der Waals surface area contributed by atoms with Gasteiger partial charge in [-0.15, -0.1) is 0 Å². The molecule has 0 radical (unpaired) electrons. The van der Waals surface area contributed by atoms with E-state index in [2.05, 4.69) is 22.3 Å². The second-order valence-corrected chi connectivity index (χ2v) is 7.06. The monoisotopic (exact) mass is 322 g/mol. The van der Waals surface area contributed by atoms with Crippen LogP contribution in [0.5, 0.6) is 0 Å². The van der Waals surface area contributed by atoms with Crippen molar-refractivity contribution in [2.75, 3.05) is 32.8 Å². The van der Waals surface area contributed by atoms with Gasteiger partial charge in [-0.3, -0.25) is 4.90 Å². The van der Waals surface area contributed by atoms with Crippen molar-refractivity contribution in [1.29, 1.82) is 0 Å². The third-order valence-electron chi connectivity index (χ3n) is 4.93. The van der Waals surface area contributed by atoms with Crippen LogP contribution in [0.1, 0.15) is 31.2 Å². The third-order valence-corrected chi connectivity index (χ3v) is 5.18. The lowest BCUT2D eigenvalue weighted by atomic mass is 9.90. The number of piperidine rings is 1. The van der Waals surface area contributed by atoms with E-state index in [0.717, 1.165) is 37.2 Å². The molecule has 1 atom stereocenters. The van der Waals surface area contributed by atoms with Crippen molar-refractivity contribution < 1.29 is 4.74 Å². The first kappa shape index (κ1) is 16.3. The van der Waals surface area contributed by atoms with E-state index in [4.69, 9.17) is 16.3 Å². The number of hydrogen-bond donors (Lipinski definition) is 1. The molecule has 1 aromatic rings. The molecule has 2 heterocycles. The normalized spacial score (nSPS) is 24.5. The molecule has 2 saturated heterocycles. The zero-order valence-electron chi connectivity index (χ0n) is 13.3. The van der Waals surface area contributed by atoms with Gasteiger partial charge in [-0.2, -0.15) is 0 Å². The van der Waals surface area contributed by atoms with Gasteiger partial charge in [0.15, 0.2) is 0 Å². The summed E-state index contributed by atoms with van der Waals surface area (Å²) in [4.78, 5) is 2.57. The summed E-state index contributed by atoms with van der Waals surface area (Å²) >= 11 is 5.94. The molecule has 2 aliphatic rings. The molecular formula is C18H27ClN2O. The number of hydrogen-bond acceptors (Lipinski definition) is 3. The van der Waals surface area contributed by atoms with Crippen LogP contribution in [-0.2, 0) is 11.3 Å². The summed E-state index contributed by atoms with van der Waals surface area (Å²) in [5.74, 6) is 0.881. The maximum absolute atomic E-state index is 5.94. The van der Waals surface area contributed by atoms with Crippen LogP contribution >= 0.6 is 11.6 Å². The van der Waals surface area contributed by atoms with E-state index in [0.29, 0.717) is 6.10 Å². The molecule has 0 spiro atoms. The Morgan fingerprint density at radius 1 is 1.14 bits per heavy atom. The molecule has 0 bridgehead atoms. The number of rotatable bonds is 5. The van der Waals surface area contributed by atoms with Gasteiger partial charge in [0.25, 0.3) is 0 Å². The van der Waals surface area contributed by atoms with Crippen LogP contribution in [0, 0.1) is 5.92 Å². The van der Waals surface area contributed by atoms with E-state index in [-0.39, 0.29) is 0 Å². The lowest BCUT2D eigenvalue weighted by molar-refractivity contribution is 0.0175. The number of halogens is 1. The molecule has 0 aromatic heterocycles. The molecule has 0 amide bonds. The number of nitrogens with one attached hydrogen (secondary N) is 1. The van der Waals surface area contributed by atoms with Gasteiger partial charge >= 0.3 is 0 Å². The Hall–Kier alpha value is -0.610. The number of benzene rings is 1. The number of morpholine rings is 1. The average Bonchev–Trinajstić information content (AvgIpc) is 2.57. The molecule has 4 heteroatoms. The molecule has 22 heavy (non-hydrogen) atoms. The van der Waals surface area contributed by atoms with Crippen molar-refractivity contribution in [1.82, 2.24) is 10.2 Å². The maximum atomic E-state index is 5.94. The lowest BCUT2D eigenvalue weighted by Crippen LogP contribution is -2.39. The maximum Gasteiger partial charge on any atom is 0.0700 e. The predicted molar refractivity (Wildman–Crippen MR) is 91.3 cm³/mol. The van der Waals surface area contributed by atoms with Gasteiger partial charge in [0.1, 0.15) is 0 Å². The van der Waals surface area contributed by atoms with Gasteiger partial charge in [0.05, 0.1) is 12.7 Å². The van der Waals surface area contributed by atoms with Crippen molar-refractivity contribution in [3.8, 4) is 0 Å². The SMILES string of the molecule is Clc1ccc(CN2CCC(CCC3CNCCO3)CC2)cc1. The number of nitrogens with zero attached hydrogens (tertiary/aromatic N) is 1. The minimum Gasteiger partial charge on any atom is -0.376 e. The van der Waals surface area contributed by atoms with Crippen molar-refractivity contribution in [3.05, 3.63) is 34.9 Å². The molecule has 3 rings (SSSR count). The molecule has 122 valence electrons. The van der Waals surface area contributed by atoms with Crippen LogP contribution in [-0.4, -0.2) is 43.8 Å². The first-order valence-corrected chi connectivity index (χ1v) is 8.96. The Bertz CT molecular complexity index is 437. The Morgan fingerprint density at radius 3 is 2.59 bits per heavy atom. The Balaban J connectivity index is 1.36. The second-order valence-electron chi connectivity index (χ2n) is 6.62. The van der Waals surface area contributed by atoms with E-state index in [1.54, 1.807) is 0 Å². The third kappa shape index (κ3) is 4.95. The minimum absolute atomic E-state index is 0.445. The van der Waals surface area contributed by atoms with Crippen LogP contribution in [0.4, 0.5) is 0 Å². The molecule has 1 aromatic carbocycles. The first-order valence-electron chi connectivity index (χ1n) is 8.59. The second kappa shape index (κ2) is 8.30. The molecule has 0 saturated carbocycles. The molecule has 3 nitrogen and oxygen atoms in total. The summed E-state index contributed by atoms with van der Waals surface area (Å²) in [6, 6.07) is 8.26. The fourth-order valence-electron chi connectivity index (χ4n) is 3.51. The van der Waals surface area contributed by atoms with Gasteiger partial charge in [0, 0.05) is 24.7 Å². The molecule has 2 fully saturated rings. The highest BCUT2D eigenvalue weighted by Gasteiger charge is 2.21. The molecule has 1 N–H and O–H groups in total. The van der Waals surface area contributed by atoms with Gasteiger partial charge in [-0.1, -0.05) is 23.7 Å². The quantitative estimate of drug-likeness (QED) is 0.900. The van der Waals surface area contributed by atoms with Crippen LogP contribution in [0.3, 0.4) is 0 Å². The standard InChI is InChI=1S/C18H27ClN2O/c19-17-4-1-16(2-5-17)14-21-10-7-15(8-11-21)3-6-18-13-20-9-12-22-18/h1-2,4-5,15,18,20H,3,6-14H2. The van der Waals surface area contributed by atoms with E-state index >= 15 is 0 Å². The van der Waals surface area contributed by atoms with Crippen LogP contribution in [0.25, 0.3) is 0 Å². The topological polar surface area (TPSA) is 24.5 Å². The lowest BCUT2D eigenvalue weighted by Gasteiger charge is -2.33. The fraction of sp³-hybridized carbons (Fsp3) is 0.667. The van der Waals surface area contributed by atoms with Gasteiger partial charge in [-0.25, -0.2) is 0 Å². The smallest absolute Gasteiger partial charge is 0.0700 e. The summed E-state index contributed by atoms with van der Waals surface area (Å²) < 4.78 is 5.80. The zero-order valence-corrected chi connectivity index (χ0v) is 14.0.